The third kappa shape index (κ3) is 3.88. The van der Waals surface area contributed by atoms with Crippen molar-refractivity contribution in [3.8, 4) is 17.6 Å². The van der Waals surface area contributed by atoms with Crippen LogP contribution < -0.4 is 4.74 Å². The predicted octanol–water partition coefficient (Wildman–Crippen LogP) is 1.85. The van der Waals surface area contributed by atoms with Gasteiger partial charge in [-0.3, -0.25) is 14.4 Å². The van der Waals surface area contributed by atoms with Gasteiger partial charge in [-0.05, 0) is 31.5 Å². The second-order valence-corrected chi connectivity index (χ2v) is 7.61. The number of methoxy groups -OCH3 is 1. The standard InChI is InChI=1S/C22H24N2O5/c1-5-6-15-7-14(2)20(18(8-15)28-3)21-16(25)9-22(10-17(21)26)12-24(13-22)19(27)11-23-29-4/h7-8,11,21H,9-10,12-13H2,1-4H3/b23-11+. The predicted molar refractivity (Wildman–Crippen MR) is 107 cm³/mol. The van der Waals surface area contributed by atoms with E-state index in [0.29, 0.717) is 24.4 Å². The van der Waals surface area contributed by atoms with Crippen LogP contribution in [0.1, 0.15) is 42.4 Å². The summed E-state index contributed by atoms with van der Waals surface area (Å²) in [6.07, 6.45) is 1.61. The highest BCUT2D eigenvalue weighted by Gasteiger charge is 2.53. The topological polar surface area (TPSA) is 85.3 Å². The number of ketones is 2. The van der Waals surface area contributed by atoms with Crippen molar-refractivity contribution in [2.24, 2.45) is 10.6 Å². The number of amides is 1. The molecular weight excluding hydrogens is 372 g/mol. The molecule has 1 saturated carbocycles. The number of oxime groups is 1. The highest BCUT2D eigenvalue weighted by molar-refractivity contribution is 6.26. The van der Waals surface area contributed by atoms with Crippen LogP contribution in [0.4, 0.5) is 0 Å². The molecule has 1 aromatic rings. The number of nitrogens with zero attached hydrogens (tertiary/aromatic N) is 2. The van der Waals surface area contributed by atoms with Crippen molar-refractivity contribution in [1.29, 1.82) is 0 Å². The Morgan fingerprint density at radius 3 is 2.45 bits per heavy atom. The molecule has 0 unspecified atom stereocenters. The third-order valence-corrected chi connectivity index (χ3v) is 5.50. The van der Waals surface area contributed by atoms with Gasteiger partial charge in [0.1, 0.15) is 36.6 Å². The van der Waals surface area contributed by atoms with Gasteiger partial charge < -0.3 is 14.5 Å². The average molecular weight is 396 g/mol. The van der Waals surface area contributed by atoms with E-state index in [1.165, 1.54) is 14.2 Å². The minimum Gasteiger partial charge on any atom is -0.496 e. The maximum Gasteiger partial charge on any atom is 0.268 e. The third-order valence-electron chi connectivity index (χ3n) is 5.50. The Labute approximate surface area is 170 Å². The van der Waals surface area contributed by atoms with Crippen LogP contribution >= 0.6 is 0 Å². The van der Waals surface area contributed by atoms with Crippen molar-refractivity contribution < 1.29 is 24.0 Å². The number of carbonyl (C=O) groups is 3. The van der Waals surface area contributed by atoms with Crippen LogP contribution in [0.2, 0.25) is 0 Å². The van der Waals surface area contributed by atoms with E-state index in [0.717, 1.165) is 17.3 Å². The van der Waals surface area contributed by atoms with E-state index in [9.17, 15) is 14.4 Å². The van der Waals surface area contributed by atoms with Crippen molar-refractivity contribution in [3.63, 3.8) is 0 Å². The molecule has 0 aromatic heterocycles. The van der Waals surface area contributed by atoms with E-state index < -0.39 is 11.3 Å². The Balaban J connectivity index is 1.81. The molecular formula is C22H24N2O5. The number of hydrogen-bond acceptors (Lipinski definition) is 6. The summed E-state index contributed by atoms with van der Waals surface area (Å²) in [6, 6.07) is 3.64. The van der Waals surface area contributed by atoms with E-state index in [-0.39, 0.29) is 30.3 Å². The Hall–Kier alpha value is -3.14. The lowest BCUT2D eigenvalue weighted by Crippen LogP contribution is -2.62. The van der Waals surface area contributed by atoms with Gasteiger partial charge in [-0.25, -0.2) is 0 Å². The van der Waals surface area contributed by atoms with Gasteiger partial charge in [-0.1, -0.05) is 11.1 Å². The zero-order valence-corrected chi connectivity index (χ0v) is 17.1. The van der Waals surface area contributed by atoms with E-state index in [1.54, 1.807) is 17.9 Å². The van der Waals surface area contributed by atoms with E-state index in [2.05, 4.69) is 21.8 Å². The number of likely N-dealkylation sites (tertiary alicyclic amines) is 1. The van der Waals surface area contributed by atoms with Crippen molar-refractivity contribution in [3.05, 3.63) is 28.8 Å². The van der Waals surface area contributed by atoms with Crippen LogP contribution in [-0.2, 0) is 19.2 Å². The van der Waals surface area contributed by atoms with Crippen LogP contribution in [0.15, 0.2) is 17.3 Å². The minimum absolute atomic E-state index is 0.130. The average Bonchev–Trinajstić information content (AvgIpc) is 2.64. The second kappa shape index (κ2) is 8.08. The zero-order chi connectivity index (χ0) is 21.2. The van der Waals surface area contributed by atoms with Crippen molar-refractivity contribution in [2.45, 2.75) is 32.6 Å². The fraction of sp³-hybridized carbons (Fsp3) is 0.455. The Kier molecular flexibility index (Phi) is 5.73. The number of aryl methyl sites for hydroxylation is 1. The summed E-state index contributed by atoms with van der Waals surface area (Å²) in [7, 11) is 2.88. The first-order valence-electron chi connectivity index (χ1n) is 9.36. The summed E-state index contributed by atoms with van der Waals surface area (Å²) >= 11 is 0. The highest BCUT2D eigenvalue weighted by atomic mass is 16.6. The smallest absolute Gasteiger partial charge is 0.268 e. The summed E-state index contributed by atoms with van der Waals surface area (Å²) < 4.78 is 5.49. The van der Waals surface area contributed by atoms with Gasteiger partial charge in [0.2, 0.25) is 0 Å². The summed E-state index contributed by atoms with van der Waals surface area (Å²) in [5, 5.41) is 3.47. The molecule has 1 aliphatic heterocycles. The molecule has 152 valence electrons. The maximum atomic E-state index is 13.0. The molecule has 3 rings (SSSR count). The molecule has 0 atom stereocenters. The summed E-state index contributed by atoms with van der Waals surface area (Å²) in [6.45, 7) is 4.35. The van der Waals surface area contributed by atoms with Gasteiger partial charge >= 0.3 is 0 Å². The van der Waals surface area contributed by atoms with Crippen LogP contribution in [0.3, 0.4) is 0 Å². The molecule has 1 aliphatic carbocycles. The minimum atomic E-state index is -0.834. The van der Waals surface area contributed by atoms with Gasteiger partial charge in [0.15, 0.2) is 0 Å². The number of Topliss-reactive ketones (excluding diaryl/α,β-unsaturated/α-hetero) is 2. The molecule has 1 heterocycles. The van der Waals surface area contributed by atoms with Gasteiger partial charge in [0.05, 0.1) is 7.11 Å². The lowest BCUT2D eigenvalue weighted by atomic mass is 9.63. The first-order chi connectivity index (χ1) is 13.8. The molecule has 7 nitrogen and oxygen atoms in total. The maximum absolute atomic E-state index is 13.0. The molecule has 1 saturated heterocycles. The molecule has 1 aromatic carbocycles. The van der Waals surface area contributed by atoms with Crippen LogP contribution in [0, 0.1) is 24.2 Å². The molecule has 0 N–H and O–H groups in total. The fourth-order valence-electron chi connectivity index (χ4n) is 4.35. The lowest BCUT2D eigenvalue weighted by Gasteiger charge is -2.51. The number of hydrogen-bond donors (Lipinski definition) is 0. The summed E-state index contributed by atoms with van der Waals surface area (Å²) in [5.74, 6) is 4.95. The van der Waals surface area contributed by atoms with Crippen molar-refractivity contribution >= 4 is 23.7 Å². The highest BCUT2D eigenvalue weighted by Crippen LogP contribution is 2.47. The Bertz CT molecular complexity index is 928. The number of carbonyl (C=O) groups excluding carboxylic acids is 3. The zero-order valence-electron chi connectivity index (χ0n) is 17.1. The van der Waals surface area contributed by atoms with Gasteiger partial charge in [0.25, 0.3) is 5.91 Å². The van der Waals surface area contributed by atoms with E-state index in [4.69, 9.17) is 4.74 Å². The van der Waals surface area contributed by atoms with Crippen molar-refractivity contribution in [1.82, 2.24) is 4.90 Å². The molecule has 2 fully saturated rings. The van der Waals surface area contributed by atoms with E-state index >= 15 is 0 Å². The van der Waals surface area contributed by atoms with Crippen molar-refractivity contribution in [2.75, 3.05) is 27.3 Å². The number of benzene rings is 1. The lowest BCUT2D eigenvalue weighted by molar-refractivity contribution is -0.150. The molecule has 0 bridgehead atoms. The van der Waals surface area contributed by atoms with Gasteiger partial charge in [0, 0.05) is 42.5 Å². The molecule has 0 radical (unpaired) electrons. The Morgan fingerprint density at radius 1 is 1.24 bits per heavy atom. The fourth-order valence-corrected chi connectivity index (χ4v) is 4.35. The second-order valence-electron chi connectivity index (χ2n) is 7.61. The van der Waals surface area contributed by atoms with E-state index in [1.807, 2.05) is 13.0 Å². The van der Waals surface area contributed by atoms with Crippen LogP contribution in [-0.4, -0.2) is 55.9 Å². The van der Waals surface area contributed by atoms with Crippen LogP contribution in [0.25, 0.3) is 0 Å². The normalized spacial score (nSPS) is 18.4. The SMILES string of the molecule is CC#Cc1cc(C)c(C2C(=O)CC3(CC2=O)CN(C(=O)/C=N/OC)C3)c(OC)c1. The summed E-state index contributed by atoms with van der Waals surface area (Å²) in [5.41, 5.74) is 1.74. The summed E-state index contributed by atoms with van der Waals surface area (Å²) in [4.78, 5) is 44.1. The first-order valence-corrected chi connectivity index (χ1v) is 9.36. The Morgan fingerprint density at radius 2 is 1.90 bits per heavy atom. The molecule has 1 amide bonds. The monoisotopic (exact) mass is 396 g/mol. The quantitative estimate of drug-likeness (QED) is 0.336. The van der Waals surface area contributed by atoms with Gasteiger partial charge in [-0.15, -0.1) is 5.92 Å². The first kappa shape index (κ1) is 20.6. The number of ether oxygens (including phenoxy) is 1. The molecule has 2 aliphatic rings. The van der Waals surface area contributed by atoms with Gasteiger partial charge in [-0.2, -0.15) is 0 Å². The molecule has 29 heavy (non-hydrogen) atoms. The van der Waals surface area contributed by atoms with Crippen LogP contribution in [0.5, 0.6) is 5.75 Å². The molecule has 7 heteroatoms. The largest absolute Gasteiger partial charge is 0.496 e. The number of rotatable bonds is 4. The molecule has 1 spiro atoms.